The van der Waals surface area contributed by atoms with Gasteiger partial charge in [0, 0.05) is 19.2 Å². The number of nitrogens with zero attached hydrogens (tertiary/aromatic N) is 2. The first-order valence-electron chi connectivity index (χ1n) is 7.15. The van der Waals surface area contributed by atoms with Crippen LogP contribution in [0.2, 0.25) is 0 Å². The molecule has 0 spiro atoms. The van der Waals surface area contributed by atoms with Gasteiger partial charge < -0.3 is 20.1 Å². The van der Waals surface area contributed by atoms with E-state index in [1.807, 2.05) is 13.8 Å². The summed E-state index contributed by atoms with van der Waals surface area (Å²) in [6.45, 7) is 4.92. The molecule has 2 heterocycles. The van der Waals surface area contributed by atoms with E-state index in [2.05, 4.69) is 10.3 Å². The van der Waals surface area contributed by atoms with Gasteiger partial charge in [-0.3, -0.25) is 0 Å². The molecule has 0 radical (unpaired) electrons. The van der Waals surface area contributed by atoms with Crippen molar-refractivity contribution in [1.29, 1.82) is 0 Å². The first-order chi connectivity index (χ1) is 10.1. The molecule has 0 aromatic carbocycles. The van der Waals surface area contributed by atoms with E-state index >= 15 is 0 Å². The summed E-state index contributed by atoms with van der Waals surface area (Å²) in [5.41, 5.74) is 0. The molecule has 1 aromatic heterocycles. The minimum Gasteiger partial charge on any atom is -0.394 e. The van der Waals surface area contributed by atoms with Gasteiger partial charge in [-0.2, -0.15) is 0 Å². The van der Waals surface area contributed by atoms with Crippen molar-refractivity contribution >= 4 is 11.6 Å². The monoisotopic (exact) mass is 301 g/mol. The molecule has 1 saturated heterocycles. The summed E-state index contributed by atoms with van der Waals surface area (Å²) in [6, 6.07) is 0.746. The molecule has 0 amide bonds. The molecule has 2 N–H and O–H groups in total. The molecular formula is C14H21F2N3O2. The van der Waals surface area contributed by atoms with Gasteiger partial charge in [0.2, 0.25) is 0 Å². The van der Waals surface area contributed by atoms with Gasteiger partial charge in [-0.1, -0.05) is 6.92 Å². The van der Waals surface area contributed by atoms with E-state index in [1.54, 1.807) is 4.90 Å². The molecular weight excluding hydrogens is 280 g/mol. The molecule has 1 aliphatic heterocycles. The number of ether oxygens (including phenoxy) is 1. The molecule has 1 fully saturated rings. The maximum atomic E-state index is 14.1. The Kier molecular flexibility index (Phi) is 5.30. The second kappa shape index (κ2) is 7.00. The average Bonchev–Trinajstić information content (AvgIpc) is 2.47. The van der Waals surface area contributed by atoms with Crippen molar-refractivity contribution in [1.82, 2.24) is 4.98 Å². The number of hydrogen-bond donors (Lipinski definition) is 2. The number of aliphatic hydroxyl groups excluding tert-OH is 1. The van der Waals surface area contributed by atoms with Crippen molar-refractivity contribution in [3.05, 3.63) is 17.7 Å². The summed E-state index contributed by atoms with van der Waals surface area (Å²) < 4.78 is 33.2. The van der Waals surface area contributed by atoms with Crippen molar-refractivity contribution in [2.24, 2.45) is 0 Å². The van der Waals surface area contributed by atoms with Gasteiger partial charge in [-0.05, 0) is 13.3 Å². The molecule has 1 aromatic rings. The Morgan fingerprint density at radius 1 is 1.48 bits per heavy atom. The van der Waals surface area contributed by atoms with E-state index in [4.69, 9.17) is 4.74 Å². The highest BCUT2D eigenvalue weighted by molar-refractivity contribution is 5.50. The maximum absolute atomic E-state index is 14.1. The number of halogens is 2. The molecule has 118 valence electrons. The summed E-state index contributed by atoms with van der Waals surface area (Å²) in [6.07, 6.45) is 0.425. The van der Waals surface area contributed by atoms with Gasteiger partial charge in [-0.25, -0.2) is 13.8 Å². The van der Waals surface area contributed by atoms with Gasteiger partial charge >= 0.3 is 0 Å². The standard InChI is InChI=1S/C14H21F2N3O2/c1-3-4-17-13-11(15)5-12(16)14(18-13)19-6-10(7-20)21-8-9(19)2/h5,9-10,20H,3-4,6-8H2,1-2H3,(H,17,18). The average molecular weight is 301 g/mol. The van der Waals surface area contributed by atoms with Crippen LogP contribution < -0.4 is 10.2 Å². The van der Waals surface area contributed by atoms with Gasteiger partial charge in [0.25, 0.3) is 0 Å². The van der Waals surface area contributed by atoms with Gasteiger partial charge in [0.15, 0.2) is 23.3 Å². The zero-order valence-electron chi connectivity index (χ0n) is 12.3. The lowest BCUT2D eigenvalue weighted by Crippen LogP contribution is -2.50. The Balaban J connectivity index is 2.28. The fourth-order valence-corrected chi connectivity index (χ4v) is 2.25. The van der Waals surface area contributed by atoms with Crippen LogP contribution >= 0.6 is 0 Å². The van der Waals surface area contributed by atoms with E-state index < -0.39 is 11.6 Å². The SMILES string of the molecule is CCCNc1nc(N2CC(CO)OCC2C)c(F)cc1F. The molecule has 0 bridgehead atoms. The van der Waals surface area contributed by atoms with Crippen LogP contribution in [0.3, 0.4) is 0 Å². The zero-order chi connectivity index (χ0) is 15.4. The van der Waals surface area contributed by atoms with Crippen molar-refractivity contribution < 1.29 is 18.6 Å². The molecule has 0 saturated carbocycles. The Bertz CT molecular complexity index is 488. The third kappa shape index (κ3) is 3.59. The second-order valence-corrected chi connectivity index (χ2v) is 5.19. The number of anilines is 2. The highest BCUT2D eigenvalue weighted by Gasteiger charge is 2.29. The summed E-state index contributed by atoms with van der Waals surface area (Å²) in [4.78, 5) is 5.78. The van der Waals surface area contributed by atoms with Crippen molar-refractivity contribution in [2.45, 2.75) is 32.4 Å². The quantitative estimate of drug-likeness (QED) is 0.868. The first-order valence-corrected chi connectivity index (χ1v) is 7.15. The first kappa shape index (κ1) is 15.9. The Labute approximate surface area is 122 Å². The predicted octanol–water partition coefficient (Wildman–Crippen LogP) is 1.77. The minimum absolute atomic E-state index is 0.0486. The summed E-state index contributed by atoms with van der Waals surface area (Å²) in [5, 5.41) is 12.0. The van der Waals surface area contributed by atoms with Crippen LogP contribution in [0.25, 0.3) is 0 Å². The van der Waals surface area contributed by atoms with Crippen molar-refractivity contribution in [2.75, 3.05) is 36.5 Å². The fourth-order valence-electron chi connectivity index (χ4n) is 2.25. The Morgan fingerprint density at radius 3 is 2.90 bits per heavy atom. The molecule has 5 nitrogen and oxygen atoms in total. The smallest absolute Gasteiger partial charge is 0.168 e. The van der Waals surface area contributed by atoms with Crippen LogP contribution in [0.5, 0.6) is 0 Å². The third-order valence-corrected chi connectivity index (χ3v) is 3.43. The van der Waals surface area contributed by atoms with Gasteiger partial charge in [0.05, 0.1) is 25.4 Å². The topological polar surface area (TPSA) is 57.6 Å². The van der Waals surface area contributed by atoms with E-state index in [-0.39, 0.29) is 30.4 Å². The highest BCUT2D eigenvalue weighted by Crippen LogP contribution is 2.26. The summed E-state index contributed by atoms with van der Waals surface area (Å²) in [5.74, 6) is -1.28. The number of nitrogens with one attached hydrogen (secondary N) is 1. The minimum atomic E-state index is -0.708. The molecule has 2 unspecified atom stereocenters. The van der Waals surface area contributed by atoms with E-state index in [0.29, 0.717) is 19.7 Å². The highest BCUT2D eigenvalue weighted by atomic mass is 19.1. The van der Waals surface area contributed by atoms with Crippen LogP contribution in [0.15, 0.2) is 6.07 Å². The number of hydrogen-bond acceptors (Lipinski definition) is 5. The Hall–Kier alpha value is -1.47. The van der Waals surface area contributed by atoms with E-state index in [9.17, 15) is 13.9 Å². The number of aromatic nitrogens is 1. The number of rotatable bonds is 5. The Morgan fingerprint density at radius 2 is 2.24 bits per heavy atom. The molecule has 2 rings (SSSR count). The van der Waals surface area contributed by atoms with E-state index in [0.717, 1.165) is 12.5 Å². The maximum Gasteiger partial charge on any atom is 0.168 e. The lowest BCUT2D eigenvalue weighted by Gasteiger charge is -2.38. The largest absolute Gasteiger partial charge is 0.394 e. The summed E-state index contributed by atoms with van der Waals surface area (Å²) in [7, 11) is 0. The van der Waals surface area contributed by atoms with Crippen LogP contribution in [-0.4, -0.2) is 48.5 Å². The van der Waals surface area contributed by atoms with Gasteiger partial charge in [-0.15, -0.1) is 0 Å². The van der Waals surface area contributed by atoms with Crippen molar-refractivity contribution in [3.8, 4) is 0 Å². The fraction of sp³-hybridized carbons (Fsp3) is 0.643. The van der Waals surface area contributed by atoms with Gasteiger partial charge in [0.1, 0.15) is 0 Å². The normalized spacial score (nSPS) is 22.4. The second-order valence-electron chi connectivity index (χ2n) is 5.19. The number of aliphatic hydroxyl groups is 1. The number of pyridine rings is 1. The molecule has 21 heavy (non-hydrogen) atoms. The predicted molar refractivity (Wildman–Crippen MR) is 76.6 cm³/mol. The van der Waals surface area contributed by atoms with Crippen LogP contribution in [0.4, 0.5) is 20.4 Å². The molecule has 0 aliphatic carbocycles. The third-order valence-electron chi connectivity index (χ3n) is 3.43. The lowest BCUT2D eigenvalue weighted by molar-refractivity contribution is -0.0107. The van der Waals surface area contributed by atoms with E-state index in [1.165, 1.54) is 0 Å². The van der Waals surface area contributed by atoms with Crippen LogP contribution in [0.1, 0.15) is 20.3 Å². The summed E-state index contributed by atoms with van der Waals surface area (Å²) >= 11 is 0. The van der Waals surface area contributed by atoms with Crippen molar-refractivity contribution in [3.63, 3.8) is 0 Å². The molecule has 2 atom stereocenters. The zero-order valence-corrected chi connectivity index (χ0v) is 12.3. The number of morpholine rings is 1. The molecule has 7 heteroatoms. The molecule has 1 aliphatic rings. The van der Waals surface area contributed by atoms with Crippen LogP contribution in [0, 0.1) is 11.6 Å². The van der Waals surface area contributed by atoms with Crippen LogP contribution in [-0.2, 0) is 4.74 Å². The lowest BCUT2D eigenvalue weighted by atomic mass is 10.2.